The van der Waals surface area contributed by atoms with Crippen molar-refractivity contribution >= 4 is 36.1 Å². The zero-order chi connectivity index (χ0) is 27.1. The van der Waals surface area contributed by atoms with Crippen LogP contribution >= 0.6 is 24.2 Å². The quantitative estimate of drug-likeness (QED) is 0.246. The van der Waals surface area contributed by atoms with Crippen molar-refractivity contribution in [1.29, 1.82) is 0 Å². The molecule has 1 atom stereocenters. The molecule has 1 unspecified atom stereocenters. The Morgan fingerprint density at radius 2 is 1.89 bits per heavy atom. The molecule has 206 valence electrons. The second kappa shape index (κ2) is 13.6. The van der Waals surface area contributed by atoms with Crippen molar-refractivity contribution in [2.45, 2.75) is 51.1 Å². The van der Waals surface area contributed by atoms with Gasteiger partial charge in [-0.1, -0.05) is 23.7 Å². The zero-order valence-corrected chi connectivity index (χ0v) is 23.5. The summed E-state index contributed by atoms with van der Waals surface area (Å²) in [5, 5.41) is 12.9. The van der Waals surface area contributed by atoms with Gasteiger partial charge in [0.2, 0.25) is 5.91 Å². The van der Waals surface area contributed by atoms with Crippen molar-refractivity contribution in [3.63, 3.8) is 0 Å². The number of carbonyl (C=O) groups is 2. The van der Waals surface area contributed by atoms with Crippen molar-refractivity contribution in [2.75, 3.05) is 32.6 Å². The van der Waals surface area contributed by atoms with E-state index in [-0.39, 0.29) is 23.6 Å². The van der Waals surface area contributed by atoms with Crippen molar-refractivity contribution in [3.8, 4) is 11.5 Å². The monoisotopic (exact) mass is 560 g/mol. The Morgan fingerprint density at radius 1 is 1.11 bits per heavy atom. The molecule has 1 amide bonds. The average molecular weight is 561 g/mol. The molecule has 0 heterocycles. The molecule has 0 saturated heterocycles. The van der Waals surface area contributed by atoms with Crippen molar-refractivity contribution in [1.82, 2.24) is 10.2 Å². The van der Waals surface area contributed by atoms with E-state index in [4.69, 9.17) is 21.1 Å². The fraction of sp³-hybridized carbons (Fsp3) is 0.517. The Bertz CT molecular complexity index is 1120. The number of thiol groups is 1. The summed E-state index contributed by atoms with van der Waals surface area (Å²) in [6.07, 6.45) is 5.41. The molecule has 2 N–H and O–H groups in total. The van der Waals surface area contributed by atoms with E-state index >= 15 is 0 Å². The molecule has 0 spiro atoms. The van der Waals surface area contributed by atoms with Crippen LogP contribution in [0.3, 0.4) is 0 Å². The van der Waals surface area contributed by atoms with Crippen LogP contribution in [0, 0.1) is 11.8 Å². The number of aliphatic carboxylic acids is 1. The maximum absolute atomic E-state index is 11.4. The number of nitrogens with one attached hydrogen (secondary N) is 1. The second-order valence-corrected chi connectivity index (χ2v) is 11.0. The first-order chi connectivity index (χ1) is 18.4. The van der Waals surface area contributed by atoms with Crippen LogP contribution < -0.4 is 14.8 Å². The summed E-state index contributed by atoms with van der Waals surface area (Å²) in [7, 11) is 1.63. The lowest BCUT2D eigenvalue weighted by Gasteiger charge is -2.35. The van der Waals surface area contributed by atoms with Crippen LogP contribution in [0.1, 0.15) is 54.8 Å². The van der Waals surface area contributed by atoms with Gasteiger partial charge in [-0.3, -0.25) is 14.5 Å². The van der Waals surface area contributed by atoms with Gasteiger partial charge < -0.3 is 19.9 Å². The van der Waals surface area contributed by atoms with Gasteiger partial charge in [-0.2, -0.15) is 12.6 Å². The number of benzene rings is 2. The van der Waals surface area contributed by atoms with Gasteiger partial charge in [-0.05, 0) is 85.4 Å². The molecule has 1 fully saturated rings. The van der Waals surface area contributed by atoms with Gasteiger partial charge in [0.25, 0.3) is 0 Å². The largest absolute Gasteiger partial charge is 0.493 e. The number of carbonyl (C=O) groups excluding carboxylic acids is 1. The molecule has 2 aliphatic carbocycles. The number of carboxylic acid groups (broad SMARTS) is 1. The van der Waals surface area contributed by atoms with Gasteiger partial charge in [-0.15, -0.1) is 0 Å². The van der Waals surface area contributed by atoms with Crippen LogP contribution in [0.4, 0.5) is 0 Å². The summed E-state index contributed by atoms with van der Waals surface area (Å²) < 4.78 is 11.5. The Kier molecular flexibility index (Phi) is 10.2. The fourth-order valence-electron chi connectivity index (χ4n) is 5.74. The molecule has 9 heteroatoms. The molecule has 0 aromatic heterocycles. The number of hydrogen-bond acceptors (Lipinski definition) is 6. The summed E-state index contributed by atoms with van der Waals surface area (Å²) in [5.74, 6) is 0.899. The van der Waals surface area contributed by atoms with E-state index in [2.05, 4.69) is 41.0 Å². The summed E-state index contributed by atoms with van der Waals surface area (Å²) in [4.78, 5) is 25.4. The molecule has 4 rings (SSSR count). The first-order valence-corrected chi connectivity index (χ1v) is 14.3. The van der Waals surface area contributed by atoms with Gasteiger partial charge >= 0.3 is 5.97 Å². The van der Waals surface area contributed by atoms with E-state index in [0.717, 1.165) is 62.2 Å². The highest BCUT2D eigenvalue weighted by Gasteiger charge is 2.32. The Labute approximate surface area is 235 Å². The molecule has 0 radical (unpaired) electrons. The normalized spacial score (nSPS) is 20.7. The summed E-state index contributed by atoms with van der Waals surface area (Å²) in [5.41, 5.74) is 3.77. The van der Waals surface area contributed by atoms with E-state index in [1.807, 2.05) is 18.2 Å². The fourth-order valence-corrected chi connectivity index (χ4v) is 6.05. The highest BCUT2D eigenvalue weighted by Crippen LogP contribution is 2.40. The Balaban J connectivity index is 1.48. The average Bonchev–Trinajstić information content (AvgIpc) is 3.34. The highest BCUT2D eigenvalue weighted by atomic mass is 35.5. The van der Waals surface area contributed by atoms with E-state index in [9.17, 15) is 14.7 Å². The Hall–Kier alpha value is -2.42. The lowest BCUT2D eigenvalue weighted by atomic mass is 9.81. The van der Waals surface area contributed by atoms with E-state index in [1.165, 1.54) is 11.1 Å². The Morgan fingerprint density at radius 3 is 2.61 bits per heavy atom. The number of ether oxygens (including phenoxy) is 2. The van der Waals surface area contributed by atoms with Gasteiger partial charge in [0.1, 0.15) is 6.61 Å². The van der Waals surface area contributed by atoms with Gasteiger partial charge in [-0.25, -0.2) is 0 Å². The number of amides is 1. The molecule has 2 aliphatic rings. The third-order valence-corrected chi connectivity index (χ3v) is 8.24. The van der Waals surface area contributed by atoms with Crippen LogP contribution in [0.25, 0.3) is 0 Å². The topological polar surface area (TPSA) is 88.1 Å². The molecular formula is C29H37ClN2O5S. The lowest BCUT2D eigenvalue weighted by molar-refractivity contribution is -0.143. The van der Waals surface area contributed by atoms with Gasteiger partial charge in [0.05, 0.1) is 25.3 Å². The summed E-state index contributed by atoms with van der Waals surface area (Å²) in [6.45, 7) is 2.40. The number of fused-ring (bicyclic) bond motifs is 1. The molecule has 0 aliphatic heterocycles. The number of aryl methyl sites for hydroxylation is 1. The third kappa shape index (κ3) is 7.36. The lowest BCUT2D eigenvalue weighted by Crippen LogP contribution is -2.34. The number of halogens is 1. The number of hydrogen-bond donors (Lipinski definition) is 3. The highest BCUT2D eigenvalue weighted by molar-refractivity contribution is 7.81. The van der Waals surface area contributed by atoms with Crippen molar-refractivity contribution in [2.24, 2.45) is 11.8 Å². The second-order valence-electron chi connectivity index (χ2n) is 10.2. The molecule has 38 heavy (non-hydrogen) atoms. The van der Waals surface area contributed by atoms with E-state index in [0.29, 0.717) is 30.6 Å². The van der Waals surface area contributed by atoms with Crippen LogP contribution in [-0.2, 0) is 22.6 Å². The number of rotatable bonds is 12. The number of carboxylic acids is 1. The predicted molar refractivity (Wildman–Crippen MR) is 151 cm³/mol. The minimum atomic E-state index is -0.666. The summed E-state index contributed by atoms with van der Waals surface area (Å²) >= 11 is 10.2. The molecular weight excluding hydrogens is 524 g/mol. The number of nitrogens with zero attached hydrogens (tertiary/aromatic N) is 1. The van der Waals surface area contributed by atoms with Gasteiger partial charge in [0, 0.05) is 24.2 Å². The minimum absolute atomic E-state index is 0.133. The standard InChI is InChI=1S/C29H37ClN2O5S/c1-36-27-14-20(4-11-26(27)37-13-12-31-28(33)18-38)17-32(16-19-2-5-21(6-3-19)29(34)35)25-10-7-22-15-23(30)8-9-24(22)25/h4,8-9,11,14-15,19,21,25,38H,2-3,5-7,10,12-13,16-18H2,1H3,(H,31,33)(H,34,35). The van der Waals surface area contributed by atoms with Gasteiger partial charge in [0.15, 0.2) is 11.5 Å². The minimum Gasteiger partial charge on any atom is -0.493 e. The third-order valence-electron chi connectivity index (χ3n) is 7.72. The summed E-state index contributed by atoms with van der Waals surface area (Å²) in [6, 6.07) is 12.5. The molecule has 1 saturated carbocycles. The first kappa shape index (κ1) is 28.6. The van der Waals surface area contributed by atoms with Crippen LogP contribution in [0.15, 0.2) is 36.4 Å². The van der Waals surface area contributed by atoms with Crippen LogP contribution in [-0.4, -0.2) is 54.4 Å². The molecule has 2 aromatic carbocycles. The SMILES string of the molecule is COc1cc(CN(CC2CCC(C(=O)O)CC2)C2CCc3cc(Cl)ccc32)ccc1OCCNC(=O)CS. The zero-order valence-electron chi connectivity index (χ0n) is 21.8. The van der Waals surface area contributed by atoms with E-state index < -0.39 is 5.97 Å². The maximum atomic E-state index is 11.4. The van der Waals surface area contributed by atoms with Crippen LogP contribution in [0.2, 0.25) is 5.02 Å². The number of methoxy groups -OCH3 is 1. The first-order valence-electron chi connectivity index (χ1n) is 13.3. The predicted octanol–water partition coefficient (Wildman–Crippen LogP) is 5.15. The smallest absolute Gasteiger partial charge is 0.306 e. The molecule has 0 bridgehead atoms. The van der Waals surface area contributed by atoms with Crippen LogP contribution in [0.5, 0.6) is 11.5 Å². The van der Waals surface area contributed by atoms with E-state index in [1.54, 1.807) is 7.11 Å². The maximum Gasteiger partial charge on any atom is 0.306 e. The molecule has 7 nitrogen and oxygen atoms in total. The van der Waals surface area contributed by atoms with Crippen molar-refractivity contribution in [3.05, 3.63) is 58.1 Å². The van der Waals surface area contributed by atoms with Crippen molar-refractivity contribution < 1.29 is 24.2 Å². The molecule has 2 aromatic rings.